The Morgan fingerprint density at radius 1 is 0.256 bits per heavy atom. The standard InChI is InChI=1S/C85H140O5/c1-3-5-7-9-11-13-15-17-19-21-23-25-27-29-31-33-35-37-39-41-42-44-46-48-50-52-54-56-58-60-62-64-66-68-70-72-74-76-78-80-85(88)90-83(81-86)82-89-84(87)79-77-75-73-71-69-67-65-63-61-59-57-55-53-51-49-47-45-43-40-38-36-34-32-30-28-26-24-22-20-18-16-14-12-10-8-6-4-2/h5-8,11-14,17-20,23-26,29,31,35,37,41-42,46,48,52,54,58,60,83,86H,3-4,9-10,15-16,21-22,27-28,30,32-34,36,38-40,43-45,47,49-51,53,55-57,59,61-82H2,1-2H3/b7-5-,8-6-,13-11-,14-12-,19-17-,20-18-,25-23-,26-24-,31-29-,37-35-,42-41-,48-46-,54-52-,60-58-. The van der Waals surface area contributed by atoms with E-state index >= 15 is 0 Å². The van der Waals surface area contributed by atoms with Gasteiger partial charge < -0.3 is 14.6 Å². The number of hydrogen-bond acceptors (Lipinski definition) is 5. The number of carbonyl (C=O) groups is 2. The summed E-state index contributed by atoms with van der Waals surface area (Å²) >= 11 is 0. The van der Waals surface area contributed by atoms with Gasteiger partial charge in [-0.1, -0.05) is 364 Å². The van der Waals surface area contributed by atoms with Crippen LogP contribution >= 0.6 is 0 Å². The third-order valence-corrected chi connectivity index (χ3v) is 16.0. The number of ether oxygens (including phenoxy) is 2. The normalized spacial score (nSPS) is 13.2. The van der Waals surface area contributed by atoms with Crippen molar-refractivity contribution in [2.45, 2.75) is 341 Å². The molecule has 0 amide bonds. The van der Waals surface area contributed by atoms with E-state index in [1.54, 1.807) is 0 Å². The quantitative estimate of drug-likeness (QED) is 0.0373. The third-order valence-electron chi connectivity index (χ3n) is 16.0. The molecule has 0 aromatic rings. The minimum absolute atomic E-state index is 0.0746. The summed E-state index contributed by atoms with van der Waals surface area (Å²) < 4.78 is 10.8. The zero-order valence-electron chi connectivity index (χ0n) is 58.6. The smallest absolute Gasteiger partial charge is 0.306 e. The first kappa shape index (κ1) is 85.3. The van der Waals surface area contributed by atoms with E-state index in [4.69, 9.17) is 9.47 Å². The molecule has 0 aromatic heterocycles. The second-order valence-electron chi connectivity index (χ2n) is 24.6. The topological polar surface area (TPSA) is 72.8 Å². The monoisotopic (exact) mass is 1240 g/mol. The van der Waals surface area contributed by atoms with Crippen LogP contribution in [0.2, 0.25) is 0 Å². The van der Waals surface area contributed by atoms with Gasteiger partial charge in [-0.2, -0.15) is 0 Å². The van der Waals surface area contributed by atoms with Crippen LogP contribution in [-0.2, 0) is 19.1 Å². The van der Waals surface area contributed by atoms with Crippen LogP contribution in [0.5, 0.6) is 0 Å². The van der Waals surface area contributed by atoms with E-state index in [9.17, 15) is 14.7 Å². The maximum Gasteiger partial charge on any atom is 0.306 e. The number of unbranched alkanes of at least 4 members (excludes halogenated alkanes) is 32. The van der Waals surface area contributed by atoms with E-state index in [1.165, 1.54) is 173 Å². The first-order valence-corrected chi connectivity index (χ1v) is 37.7. The van der Waals surface area contributed by atoms with E-state index in [-0.39, 0.29) is 25.2 Å². The summed E-state index contributed by atoms with van der Waals surface area (Å²) in [6, 6.07) is 0. The number of aliphatic hydroxyl groups excluding tert-OH is 1. The number of esters is 2. The highest BCUT2D eigenvalue weighted by molar-refractivity contribution is 5.70. The lowest BCUT2D eigenvalue weighted by Gasteiger charge is -2.15. The van der Waals surface area contributed by atoms with E-state index in [0.717, 1.165) is 135 Å². The molecule has 5 heteroatoms. The fraction of sp³-hybridized carbons (Fsp3) is 0.647. The molecule has 0 aliphatic heterocycles. The number of rotatable bonds is 68. The van der Waals surface area contributed by atoms with E-state index in [0.29, 0.717) is 12.8 Å². The number of carbonyl (C=O) groups excluding carboxylic acids is 2. The molecule has 0 aliphatic rings. The van der Waals surface area contributed by atoms with Crippen molar-refractivity contribution >= 4 is 11.9 Å². The average Bonchev–Trinajstić information content (AvgIpc) is 3.59. The van der Waals surface area contributed by atoms with Crippen molar-refractivity contribution in [1.29, 1.82) is 0 Å². The molecule has 0 aliphatic carbocycles. The molecule has 1 N–H and O–H groups in total. The Hall–Kier alpha value is -4.74. The molecule has 1 unspecified atom stereocenters. The highest BCUT2D eigenvalue weighted by atomic mass is 16.6. The van der Waals surface area contributed by atoms with E-state index < -0.39 is 6.10 Å². The van der Waals surface area contributed by atoms with Gasteiger partial charge in [-0.05, 0) is 128 Å². The fourth-order valence-electron chi connectivity index (χ4n) is 10.5. The molecule has 5 nitrogen and oxygen atoms in total. The third kappa shape index (κ3) is 75.7. The molecule has 0 heterocycles. The SMILES string of the molecule is CC/C=C\C/C=C\C/C=C\C/C=C\C/C=C\C/C=C\C/C=C\C/C=C\C/C=C\C/C=C\CCCCCCCCCCC(=O)OC(CO)COC(=O)CCCCCCCCCCCCCCCCCCCCCCCCCC/C=C\C/C=C\C/C=C\C/C=C\CC. The van der Waals surface area contributed by atoms with E-state index in [2.05, 4.69) is 184 Å². The summed E-state index contributed by atoms with van der Waals surface area (Å²) in [5, 5.41) is 9.72. The van der Waals surface area contributed by atoms with Crippen molar-refractivity contribution in [3.05, 3.63) is 170 Å². The Kier molecular flexibility index (Phi) is 74.4. The number of hydrogen-bond donors (Lipinski definition) is 1. The molecular formula is C85H140O5. The largest absolute Gasteiger partial charge is 0.462 e. The molecule has 0 aromatic carbocycles. The summed E-state index contributed by atoms with van der Waals surface area (Å²) in [6.07, 6.45) is 121. The van der Waals surface area contributed by atoms with Crippen molar-refractivity contribution < 1.29 is 24.2 Å². The lowest BCUT2D eigenvalue weighted by atomic mass is 10.0. The van der Waals surface area contributed by atoms with Crippen LogP contribution in [0.3, 0.4) is 0 Å². The van der Waals surface area contributed by atoms with Gasteiger partial charge in [-0.3, -0.25) is 9.59 Å². The van der Waals surface area contributed by atoms with Gasteiger partial charge in [0, 0.05) is 12.8 Å². The predicted octanol–water partition coefficient (Wildman–Crippen LogP) is 26.8. The molecule has 0 radical (unpaired) electrons. The second kappa shape index (κ2) is 78.5. The van der Waals surface area contributed by atoms with Gasteiger partial charge in [0.2, 0.25) is 0 Å². The predicted molar refractivity (Wildman–Crippen MR) is 398 cm³/mol. The second-order valence-corrected chi connectivity index (χ2v) is 24.6. The number of aliphatic hydroxyl groups is 1. The van der Waals surface area contributed by atoms with Crippen LogP contribution in [0.25, 0.3) is 0 Å². The zero-order valence-corrected chi connectivity index (χ0v) is 58.6. The van der Waals surface area contributed by atoms with Gasteiger partial charge in [0.15, 0.2) is 6.10 Å². The highest BCUT2D eigenvalue weighted by Crippen LogP contribution is 2.18. The van der Waals surface area contributed by atoms with Gasteiger partial charge in [0.05, 0.1) is 6.61 Å². The Morgan fingerprint density at radius 2 is 0.444 bits per heavy atom. The van der Waals surface area contributed by atoms with Gasteiger partial charge in [-0.15, -0.1) is 0 Å². The molecule has 0 saturated heterocycles. The maximum absolute atomic E-state index is 12.4. The fourth-order valence-corrected chi connectivity index (χ4v) is 10.5. The average molecular weight is 1240 g/mol. The van der Waals surface area contributed by atoms with Gasteiger partial charge in [-0.25, -0.2) is 0 Å². The summed E-state index contributed by atoms with van der Waals surface area (Å²) in [4.78, 5) is 24.7. The molecule has 0 rings (SSSR count). The molecule has 0 bridgehead atoms. The maximum atomic E-state index is 12.4. The Morgan fingerprint density at radius 3 is 0.667 bits per heavy atom. The lowest BCUT2D eigenvalue weighted by molar-refractivity contribution is -0.161. The molecule has 0 fully saturated rings. The van der Waals surface area contributed by atoms with Crippen molar-refractivity contribution in [1.82, 2.24) is 0 Å². The summed E-state index contributed by atoms with van der Waals surface area (Å²) in [5.41, 5.74) is 0. The lowest BCUT2D eigenvalue weighted by Crippen LogP contribution is -2.28. The van der Waals surface area contributed by atoms with Crippen molar-refractivity contribution in [2.24, 2.45) is 0 Å². The molecule has 90 heavy (non-hydrogen) atoms. The molecule has 1 atom stereocenters. The van der Waals surface area contributed by atoms with Crippen LogP contribution in [0.4, 0.5) is 0 Å². The van der Waals surface area contributed by atoms with Crippen LogP contribution < -0.4 is 0 Å². The molecule has 0 saturated carbocycles. The van der Waals surface area contributed by atoms with Crippen LogP contribution in [0, 0.1) is 0 Å². The summed E-state index contributed by atoms with van der Waals surface area (Å²) in [6.45, 7) is 3.93. The van der Waals surface area contributed by atoms with Crippen molar-refractivity contribution in [3.63, 3.8) is 0 Å². The highest BCUT2D eigenvalue weighted by Gasteiger charge is 2.16. The molecule has 510 valence electrons. The van der Waals surface area contributed by atoms with Crippen molar-refractivity contribution in [2.75, 3.05) is 13.2 Å². The summed E-state index contributed by atoms with van der Waals surface area (Å²) in [7, 11) is 0. The molecular weight excluding hydrogens is 1100 g/mol. The van der Waals surface area contributed by atoms with Gasteiger partial charge in [0.1, 0.15) is 6.61 Å². The van der Waals surface area contributed by atoms with Crippen LogP contribution in [-0.4, -0.2) is 36.4 Å². The minimum atomic E-state index is -0.788. The Labute approximate surface area is 557 Å². The Balaban J connectivity index is 3.51. The first-order valence-electron chi connectivity index (χ1n) is 37.7. The summed E-state index contributed by atoms with van der Waals surface area (Å²) in [5.74, 6) is -0.597. The number of allylic oxidation sites excluding steroid dienone is 28. The van der Waals surface area contributed by atoms with Crippen molar-refractivity contribution in [3.8, 4) is 0 Å². The Bertz CT molecular complexity index is 1940. The zero-order chi connectivity index (χ0) is 64.7. The van der Waals surface area contributed by atoms with Crippen LogP contribution in [0.1, 0.15) is 335 Å². The van der Waals surface area contributed by atoms with E-state index in [1.807, 2.05) is 0 Å². The van der Waals surface area contributed by atoms with Crippen LogP contribution in [0.15, 0.2) is 170 Å². The first-order chi connectivity index (χ1) is 44.6. The minimum Gasteiger partial charge on any atom is -0.462 e. The van der Waals surface area contributed by atoms with Gasteiger partial charge in [0.25, 0.3) is 0 Å². The molecule has 0 spiro atoms. The van der Waals surface area contributed by atoms with Gasteiger partial charge >= 0.3 is 11.9 Å².